The third-order valence-electron chi connectivity index (χ3n) is 3.99. The summed E-state index contributed by atoms with van der Waals surface area (Å²) in [4.78, 5) is 9.51. The maximum Gasteiger partial charge on any atom is 0.0922 e. The number of allylic oxidation sites excluding steroid dienone is 1. The average Bonchev–Trinajstić information content (AvgIpc) is 2.69. The molecule has 0 aliphatic rings. The molecule has 2 nitrogen and oxygen atoms in total. The highest BCUT2D eigenvalue weighted by atomic mass is 14.8. The molecule has 4 rings (SSSR count). The highest BCUT2D eigenvalue weighted by Crippen LogP contribution is 2.27. The van der Waals surface area contributed by atoms with Gasteiger partial charge in [0.15, 0.2) is 0 Å². The van der Waals surface area contributed by atoms with Gasteiger partial charge in [-0.05, 0) is 43.2 Å². The Morgan fingerprint density at radius 1 is 0.692 bits per heavy atom. The van der Waals surface area contributed by atoms with Gasteiger partial charge in [-0.3, -0.25) is 0 Å². The van der Waals surface area contributed by atoms with Crippen LogP contribution >= 0.6 is 0 Å². The van der Waals surface area contributed by atoms with Crippen molar-refractivity contribution in [2.75, 3.05) is 0 Å². The Balaban J connectivity index is 0.000000613. The first-order chi connectivity index (χ1) is 12.7. The fourth-order valence-corrected chi connectivity index (χ4v) is 2.84. The van der Waals surface area contributed by atoms with Crippen LogP contribution in [0.2, 0.25) is 0 Å². The van der Waals surface area contributed by atoms with Crippen LogP contribution in [0.4, 0.5) is 0 Å². The Kier molecular flexibility index (Phi) is 5.55. The zero-order valence-electron chi connectivity index (χ0n) is 15.2. The Bertz CT molecular complexity index is 1020. The lowest BCUT2D eigenvalue weighted by atomic mass is 10.0. The van der Waals surface area contributed by atoms with E-state index in [2.05, 4.69) is 55.1 Å². The zero-order chi connectivity index (χ0) is 18.4. The van der Waals surface area contributed by atoms with E-state index in [0.29, 0.717) is 0 Å². The molecule has 0 radical (unpaired) electrons. The molecule has 0 atom stereocenters. The van der Waals surface area contributed by atoms with Crippen LogP contribution in [-0.2, 0) is 0 Å². The SMILES string of the molecule is C=CC.Cc1nc2ccccc2nc1-c1cccc(-c2ccccc2)c1. The van der Waals surface area contributed by atoms with Crippen molar-refractivity contribution in [3.05, 3.63) is 97.2 Å². The summed E-state index contributed by atoms with van der Waals surface area (Å²) in [6, 6.07) is 26.9. The van der Waals surface area contributed by atoms with Crippen LogP contribution in [0.25, 0.3) is 33.4 Å². The van der Waals surface area contributed by atoms with Crippen LogP contribution in [0, 0.1) is 6.92 Å². The lowest BCUT2D eigenvalue weighted by molar-refractivity contribution is 1.19. The van der Waals surface area contributed by atoms with E-state index in [9.17, 15) is 0 Å². The molecule has 0 amide bonds. The maximum atomic E-state index is 4.82. The summed E-state index contributed by atoms with van der Waals surface area (Å²) in [5.41, 5.74) is 7.27. The van der Waals surface area contributed by atoms with Gasteiger partial charge >= 0.3 is 0 Å². The second-order valence-electron chi connectivity index (χ2n) is 6.00. The number of nitrogens with zero attached hydrogens (tertiary/aromatic N) is 2. The molecule has 4 aromatic rings. The Hall–Kier alpha value is -3.26. The molecule has 1 heterocycles. The molecule has 2 heteroatoms. The highest BCUT2D eigenvalue weighted by Gasteiger charge is 2.08. The number of fused-ring (bicyclic) bond motifs is 1. The van der Waals surface area contributed by atoms with Gasteiger partial charge in [0, 0.05) is 5.56 Å². The van der Waals surface area contributed by atoms with E-state index >= 15 is 0 Å². The lowest BCUT2D eigenvalue weighted by Gasteiger charge is -2.09. The van der Waals surface area contributed by atoms with E-state index in [1.807, 2.05) is 44.2 Å². The van der Waals surface area contributed by atoms with E-state index in [0.717, 1.165) is 28.0 Å². The van der Waals surface area contributed by atoms with Crippen molar-refractivity contribution in [1.29, 1.82) is 0 Å². The van der Waals surface area contributed by atoms with Gasteiger partial charge in [0.05, 0.1) is 22.4 Å². The number of para-hydroxylation sites is 2. The first-order valence-electron chi connectivity index (χ1n) is 8.69. The molecule has 0 aliphatic carbocycles. The summed E-state index contributed by atoms with van der Waals surface area (Å²) in [6.45, 7) is 7.27. The van der Waals surface area contributed by atoms with E-state index in [4.69, 9.17) is 9.97 Å². The predicted octanol–water partition coefficient (Wildman–Crippen LogP) is 6.46. The number of hydrogen-bond donors (Lipinski definition) is 0. The quantitative estimate of drug-likeness (QED) is 0.392. The van der Waals surface area contributed by atoms with Crippen LogP contribution in [0.3, 0.4) is 0 Å². The Labute approximate surface area is 154 Å². The van der Waals surface area contributed by atoms with Crippen molar-refractivity contribution in [3.63, 3.8) is 0 Å². The number of rotatable bonds is 2. The van der Waals surface area contributed by atoms with Crippen molar-refractivity contribution >= 4 is 11.0 Å². The van der Waals surface area contributed by atoms with Crippen LogP contribution in [0.5, 0.6) is 0 Å². The minimum atomic E-state index is 0.929. The summed E-state index contributed by atoms with van der Waals surface area (Å²) < 4.78 is 0. The molecule has 26 heavy (non-hydrogen) atoms. The van der Waals surface area contributed by atoms with Crippen LogP contribution in [-0.4, -0.2) is 9.97 Å². The van der Waals surface area contributed by atoms with Gasteiger partial charge < -0.3 is 0 Å². The highest BCUT2D eigenvalue weighted by molar-refractivity contribution is 5.79. The lowest BCUT2D eigenvalue weighted by Crippen LogP contribution is -1.94. The van der Waals surface area contributed by atoms with E-state index in [-0.39, 0.29) is 0 Å². The molecule has 0 unspecified atom stereocenters. The van der Waals surface area contributed by atoms with E-state index < -0.39 is 0 Å². The first kappa shape index (κ1) is 17.6. The molecule has 0 saturated heterocycles. The fraction of sp³-hybridized carbons (Fsp3) is 0.0833. The molecule has 0 aliphatic heterocycles. The van der Waals surface area contributed by atoms with Crippen LogP contribution in [0.1, 0.15) is 12.6 Å². The molecule has 0 saturated carbocycles. The van der Waals surface area contributed by atoms with Gasteiger partial charge in [0.1, 0.15) is 0 Å². The van der Waals surface area contributed by atoms with E-state index in [1.54, 1.807) is 6.08 Å². The predicted molar refractivity (Wildman–Crippen MR) is 111 cm³/mol. The second-order valence-corrected chi connectivity index (χ2v) is 6.00. The molecule has 0 bridgehead atoms. The summed E-state index contributed by atoms with van der Waals surface area (Å²) in [5, 5.41) is 0. The second kappa shape index (κ2) is 8.21. The third-order valence-corrected chi connectivity index (χ3v) is 3.99. The van der Waals surface area contributed by atoms with Gasteiger partial charge in [-0.1, -0.05) is 66.7 Å². The minimum absolute atomic E-state index is 0.929. The van der Waals surface area contributed by atoms with Gasteiger partial charge in [-0.25, -0.2) is 9.97 Å². The molecule has 0 fully saturated rings. The van der Waals surface area contributed by atoms with E-state index in [1.165, 1.54) is 11.1 Å². The molecular formula is C24H22N2. The largest absolute Gasteiger partial charge is 0.249 e. The normalized spacial score (nSPS) is 10.1. The van der Waals surface area contributed by atoms with Gasteiger partial charge in [-0.15, -0.1) is 6.58 Å². The first-order valence-corrected chi connectivity index (χ1v) is 8.69. The fourth-order valence-electron chi connectivity index (χ4n) is 2.84. The molecule has 0 N–H and O–H groups in total. The number of aryl methyl sites for hydroxylation is 1. The smallest absolute Gasteiger partial charge is 0.0922 e. The van der Waals surface area contributed by atoms with Crippen molar-refractivity contribution in [2.24, 2.45) is 0 Å². The van der Waals surface area contributed by atoms with Crippen LogP contribution in [0.15, 0.2) is 91.5 Å². The topological polar surface area (TPSA) is 25.8 Å². The monoisotopic (exact) mass is 338 g/mol. The maximum absolute atomic E-state index is 4.82. The standard InChI is InChI=1S/C21H16N2.C3H6/c1-15-21(23-20-13-6-5-12-19(20)22-15)18-11-7-10-17(14-18)16-8-3-2-4-9-16;1-3-2/h2-14H,1H3;3H,1H2,2H3. The molecule has 3 aromatic carbocycles. The molecule has 128 valence electrons. The van der Waals surface area contributed by atoms with Crippen molar-refractivity contribution in [2.45, 2.75) is 13.8 Å². The van der Waals surface area contributed by atoms with Crippen LogP contribution < -0.4 is 0 Å². The summed E-state index contributed by atoms with van der Waals surface area (Å²) >= 11 is 0. The van der Waals surface area contributed by atoms with Crippen molar-refractivity contribution < 1.29 is 0 Å². The number of aromatic nitrogens is 2. The van der Waals surface area contributed by atoms with Gasteiger partial charge in [0.2, 0.25) is 0 Å². The average molecular weight is 338 g/mol. The van der Waals surface area contributed by atoms with Gasteiger partial charge in [0.25, 0.3) is 0 Å². The molecule has 1 aromatic heterocycles. The van der Waals surface area contributed by atoms with Crippen molar-refractivity contribution in [3.8, 4) is 22.4 Å². The van der Waals surface area contributed by atoms with Crippen molar-refractivity contribution in [1.82, 2.24) is 9.97 Å². The molecular weight excluding hydrogens is 316 g/mol. The third kappa shape index (κ3) is 3.86. The Morgan fingerprint density at radius 3 is 1.92 bits per heavy atom. The minimum Gasteiger partial charge on any atom is -0.249 e. The number of benzene rings is 3. The summed E-state index contributed by atoms with van der Waals surface area (Å²) in [6.07, 6.45) is 1.75. The number of hydrogen-bond acceptors (Lipinski definition) is 2. The Morgan fingerprint density at radius 2 is 1.23 bits per heavy atom. The van der Waals surface area contributed by atoms with Gasteiger partial charge in [-0.2, -0.15) is 0 Å². The zero-order valence-corrected chi connectivity index (χ0v) is 15.2. The molecule has 0 spiro atoms. The summed E-state index contributed by atoms with van der Waals surface area (Å²) in [7, 11) is 0. The summed E-state index contributed by atoms with van der Waals surface area (Å²) in [5.74, 6) is 0.